The van der Waals surface area contributed by atoms with Gasteiger partial charge in [-0.25, -0.2) is 29.9 Å². The molecule has 138 heavy (non-hydrogen) atoms. The largest absolute Gasteiger partial charge is 0.456 e. The maximum absolute atomic E-state index is 7.00. The predicted molar refractivity (Wildman–Crippen MR) is 565 cm³/mol. The van der Waals surface area contributed by atoms with Crippen LogP contribution in [0.3, 0.4) is 0 Å². The van der Waals surface area contributed by atoms with Crippen molar-refractivity contribution in [2.45, 2.75) is 0 Å². The second-order valence-corrected chi connectivity index (χ2v) is 36.2. The molecule has 0 radical (unpaired) electrons. The molecule has 0 aliphatic rings. The van der Waals surface area contributed by atoms with E-state index < -0.39 is 0 Å². The van der Waals surface area contributed by atoms with Crippen LogP contribution in [0.25, 0.3) is 309 Å². The molecule has 0 aliphatic carbocycles. The number of hydrogen-bond donors (Lipinski definition) is 0. The first-order valence-electron chi connectivity index (χ1n) is 46.6. The SMILES string of the molecule is c1ccc(-n2c3ccccc3c3c(-c4ccc5oc6cc(-c7nc(-c8ccc9c(c8)oc8cccc(-c%10cccc(-n%11c%12ccccc%12c%12cc(-c%13ccc%14oc%15cc(-c%16nc(-c%17ccc%18c(c%17)oc%17ccccc%17%18)nc(-c%17ccc%18c%19ccccc%19c%19ccccc%19c%18c%17)n%16)ccc%15c%14c%13)ccc%12%11)c%10)c89)nc(-c8ccc9c%10ccccc%10c%10ccccc%10c9c8)n7)ccc6c5c4)cccc32)cc1. The van der Waals surface area contributed by atoms with E-state index in [2.05, 4.69) is 410 Å². The summed E-state index contributed by atoms with van der Waals surface area (Å²) >= 11 is 0. The molecule has 12 nitrogen and oxygen atoms in total. The van der Waals surface area contributed by atoms with Gasteiger partial charge in [0.2, 0.25) is 0 Å². The quantitative estimate of drug-likeness (QED) is 0.115. The van der Waals surface area contributed by atoms with Crippen LogP contribution in [0.5, 0.6) is 0 Å². The number of rotatable bonds is 11. The molecule has 30 aromatic rings. The van der Waals surface area contributed by atoms with Crippen LogP contribution in [0.2, 0.25) is 0 Å². The van der Waals surface area contributed by atoms with E-state index in [0.29, 0.717) is 40.5 Å². The minimum Gasteiger partial charge on any atom is -0.456 e. The summed E-state index contributed by atoms with van der Waals surface area (Å²) < 4.78 is 31.9. The van der Waals surface area contributed by atoms with E-state index in [1.54, 1.807) is 0 Å². The average molecular weight is 1760 g/mol. The molecule has 0 N–H and O–H groups in total. The first-order valence-corrected chi connectivity index (χ1v) is 46.6. The van der Waals surface area contributed by atoms with E-state index in [4.69, 9.17) is 47.6 Å². The second-order valence-electron chi connectivity index (χ2n) is 36.2. The fourth-order valence-electron chi connectivity index (χ4n) is 22.2. The van der Waals surface area contributed by atoms with Crippen molar-refractivity contribution >= 4 is 196 Å². The van der Waals surface area contributed by atoms with Crippen molar-refractivity contribution in [1.29, 1.82) is 0 Å². The molecule has 0 saturated heterocycles. The zero-order valence-corrected chi connectivity index (χ0v) is 73.6. The molecule has 638 valence electrons. The third-order valence-electron chi connectivity index (χ3n) is 28.6. The number of fused-ring (bicyclic) bond motifs is 30. The van der Waals surface area contributed by atoms with Crippen LogP contribution < -0.4 is 0 Å². The Bertz CT molecular complexity index is 10500. The highest BCUT2D eigenvalue weighted by molar-refractivity contribution is 6.28. The Hall–Kier alpha value is -18.8. The van der Waals surface area contributed by atoms with Crippen molar-refractivity contribution in [3.8, 4) is 113 Å². The van der Waals surface area contributed by atoms with E-state index in [-0.39, 0.29) is 0 Å². The van der Waals surface area contributed by atoms with Gasteiger partial charge in [0.1, 0.15) is 44.7 Å². The summed E-state index contributed by atoms with van der Waals surface area (Å²) in [6, 6.07) is 151. The third kappa shape index (κ3) is 11.6. The minimum absolute atomic E-state index is 0.505. The lowest BCUT2D eigenvalue weighted by atomic mass is 9.93. The number of para-hydroxylation sites is 4. The molecule has 0 spiro atoms. The molecule has 0 unspecified atom stereocenters. The van der Waals surface area contributed by atoms with Gasteiger partial charge in [0.05, 0.1) is 22.1 Å². The Morgan fingerprint density at radius 3 is 0.964 bits per heavy atom. The number of aromatic nitrogens is 8. The number of hydrogen-bond acceptors (Lipinski definition) is 10. The molecular formula is C126H70N8O4. The zero-order valence-electron chi connectivity index (χ0n) is 73.6. The van der Waals surface area contributed by atoms with Crippen LogP contribution in [0.1, 0.15) is 0 Å². The minimum atomic E-state index is 0.505. The summed E-state index contributed by atoms with van der Waals surface area (Å²) in [5.41, 5.74) is 24.2. The number of nitrogens with zero attached hydrogens (tertiary/aromatic N) is 8. The van der Waals surface area contributed by atoms with Crippen LogP contribution in [0.15, 0.2) is 442 Å². The van der Waals surface area contributed by atoms with Crippen molar-refractivity contribution < 1.29 is 17.7 Å². The molecule has 30 rings (SSSR count). The lowest BCUT2D eigenvalue weighted by molar-refractivity contribution is 0.668. The molecule has 0 saturated carbocycles. The van der Waals surface area contributed by atoms with Gasteiger partial charge < -0.3 is 26.8 Å². The number of furan rings is 4. The molecular weight excluding hydrogens is 1690 g/mol. The van der Waals surface area contributed by atoms with Gasteiger partial charge in [-0.3, -0.25) is 0 Å². The fourth-order valence-corrected chi connectivity index (χ4v) is 22.2. The maximum Gasteiger partial charge on any atom is 0.164 e. The standard InChI is InChI=1S/C126H70N8O4/c1-2-22-81(23-3-1)133-108-39-16-13-35-100(108)119-83(36-19-40-110(119)133)74-51-60-113-106(64-74)99-56-47-79(69-117(99)137-113)125-129-122(76-44-53-94-90-30-7-5-26-86(90)88-28-9-11-32-92(88)103(94)66-76)130-126(132-125)80-48-57-101-118(70-80)138-114-42-20-37-84(120(101)114)73-21-18-24-82(61-73)134-107-38-15-12-33-95(107)104-62-71(49-58-109(104)134)72-50-59-112-105(63-72)98-55-46-78(68-116(98)136-112)124-128-121(127-123(131-124)77-45-54-97-96-34-14-17-41-111(96)135-115(97)67-77)75-43-52-93-89-29-6-4-25-85(89)87-27-8-10-31-91(87)102(93)65-75/h1-70H. The van der Waals surface area contributed by atoms with E-state index in [1.807, 2.05) is 24.3 Å². The molecule has 0 aliphatic heterocycles. The lowest BCUT2D eigenvalue weighted by Crippen LogP contribution is -2.00. The normalized spacial score (nSPS) is 12.2. The summed E-state index contributed by atoms with van der Waals surface area (Å²) in [4.78, 5) is 32.2. The highest BCUT2D eigenvalue weighted by atomic mass is 16.3. The Balaban J connectivity index is 0.494. The highest BCUT2D eigenvalue weighted by Crippen LogP contribution is 2.48. The molecule has 0 amide bonds. The summed E-state index contributed by atoms with van der Waals surface area (Å²) in [5.74, 6) is 3.17. The van der Waals surface area contributed by atoms with Crippen LogP contribution in [-0.2, 0) is 0 Å². The van der Waals surface area contributed by atoms with Crippen molar-refractivity contribution in [2.75, 3.05) is 0 Å². The first kappa shape index (κ1) is 75.8. The Labute approximate surface area is 785 Å². The van der Waals surface area contributed by atoms with Crippen LogP contribution >= 0.6 is 0 Å². The molecule has 0 bridgehead atoms. The molecule has 12 heteroatoms. The van der Waals surface area contributed by atoms with Gasteiger partial charge >= 0.3 is 0 Å². The van der Waals surface area contributed by atoms with Gasteiger partial charge in [0.25, 0.3) is 0 Å². The average Bonchev–Trinajstić information content (AvgIpc) is 1.70. The second kappa shape index (κ2) is 29.4. The summed E-state index contributed by atoms with van der Waals surface area (Å²) in [6.07, 6.45) is 0. The molecule has 22 aromatic carbocycles. The molecule has 0 atom stereocenters. The fraction of sp³-hybridized carbons (Fsp3) is 0. The predicted octanol–water partition coefficient (Wildman–Crippen LogP) is 33.8. The van der Waals surface area contributed by atoms with Gasteiger partial charge in [0.15, 0.2) is 34.9 Å². The van der Waals surface area contributed by atoms with Crippen molar-refractivity contribution in [2.24, 2.45) is 0 Å². The monoisotopic (exact) mass is 1760 g/mol. The van der Waals surface area contributed by atoms with Gasteiger partial charge in [0, 0.05) is 109 Å². The van der Waals surface area contributed by atoms with E-state index in [1.165, 1.54) is 53.9 Å². The summed E-state index contributed by atoms with van der Waals surface area (Å²) in [5, 5.41) is 26.9. The zero-order chi connectivity index (χ0) is 90.1. The van der Waals surface area contributed by atoms with Gasteiger partial charge in [-0.2, -0.15) is 0 Å². The van der Waals surface area contributed by atoms with Crippen molar-refractivity contribution in [3.63, 3.8) is 0 Å². The first-order chi connectivity index (χ1) is 68.3. The van der Waals surface area contributed by atoms with Gasteiger partial charge in [-0.05, 0) is 250 Å². The van der Waals surface area contributed by atoms with Crippen molar-refractivity contribution in [3.05, 3.63) is 425 Å². The van der Waals surface area contributed by atoms with Crippen molar-refractivity contribution in [1.82, 2.24) is 39.0 Å². The topological polar surface area (TPSA) is 140 Å². The highest BCUT2D eigenvalue weighted by Gasteiger charge is 2.26. The summed E-state index contributed by atoms with van der Waals surface area (Å²) in [6.45, 7) is 0. The Morgan fingerprint density at radius 2 is 0.435 bits per heavy atom. The molecule has 8 heterocycles. The summed E-state index contributed by atoms with van der Waals surface area (Å²) in [7, 11) is 0. The van der Waals surface area contributed by atoms with Crippen LogP contribution in [-0.4, -0.2) is 39.0 Å². The van der Waals surface area contributed by atoms with Gasteiger partial charge in [-0.15, -0.1) is 0 Å². The lowest BCUT2D eigenvalue weighted by Gasteiger charge is -2.12. The smallest absolute Gasteiger partial charge is 0.164 e. The third-order valence-corrected chi connectivity index (χ3v) is 28.6. The van der Waals surface area contributed by atoms with Crippen LogP contribution in [0.4, 0.5) is 0 Å². The van der Waals surface area contributed by atoms with Gasteiger partial charge in [-0.1, -0.05) is 273 Å². The molecule has 8 aromatic heterocycles. The maximum atomic E-state index is 7.00. The number of benzene rings is 22. The van der Waals surface area contributed by atoms with E-state index in [9.17, 15) is 0 Å². The van der Waals surface area contributed by atoms with E-state index in [0.717, 1.165) is 215 Å². The Morgan fingerprint density at radius 1 is 0.138 bits per heavy atom. The molecule has 0 fully saturated rings. The van der Waals surface area contributed by atoms with E-state index >= 15 is 0 Å². The Kier molecular flexibility index (Phi) is 16.1. The van der Waals surface area contributed by atoms with Crippen LogP contribution in [0, 0.1) is 0 Å².